The van der Waals surface area contributed by atoms with E-state index in [1.165, 1.54) is 6.26 Å². The molecule has 1 aromatic heterocycles. The summed E-state index contributed by atoms with van der Waals surface area (Å²) in [6, 6.07) is 3.81. The van der Waals surface area contributed by atoms with Gasteiger partial charge >= 0.3 is 0 Å². The van der Waals surface area contributed by atoms with Crippen molar-refractivity contribution in [2.45, 2.75) is 12.8 Å². The van der Waals surface area contributed by atoms with Gasteiger partial charge in [0.1, 0.15) is 22.1 Å². The average molecular weight is 391 g/mol. The molecular weight excluding hydrogens is 366 g/mol. The van der Waals surface area contributed by atoms with Crippen LogP contribution in [0.1, 0.15) is 12.8 Å². The van der Waals surface area contributed by atoms with E-state index in [1.54, 1.807) is 24.9 Å². The molecular formula is C18H25N5O3S. The predicted octanol–water partition coefficient (Wildman–Crippen LogP) is 2.14. The number of rotatable bonds is 4. The third kappa shape index (κ3) is 3.19. The van der Waals surface area contributed by atoms with Gasteiger partial charge in [0.05, 0.1) is 19.7 Å². The maximum absolute atomic E-state index is 11.9. The molecule has 0 bridgehead atoms. The Labute approximate surface area is 159 Å². The van der Waals surface area contributed by atoms with Crippen LogP contribution in [0.25, 0.3) is 10.9 Å². The molecule has 2 aromatic rings. The number of ether oxygens (including phenoxy) is 2. The smallest absolute Gasteiger partial charge is 0.162 e. The predicted molar refractivity (Wildman–Crippen MR) is 105 cm³/mol. The van der Waals surface area contributed by atoms with Crippen LogP contribution in [-0.2, 0) is 9.92 Å². The zero-order chi connectivity index (χ0) is 19.2. The fourth-order valence-electron chi connectivity index (χ4n) is 4.16. The van der Waals surface area contributed by atoms with E-state index in [4.69, 9.17) is 14.3 Å². The van der Waals surface area contributed by atoms with Gasteiger partial charge in [0.2, 0.25) is 0 Å². The Morgan fingerprint density at radius 1 is 1.11 bits per heavy atom. The minimum Gasteiger partial charge on any atom is -0.493 e. The average Bonchev–Trinajstić information content (AvgIpc) is 2.63. The van der Waals surface area contributed by atoms with Crippen molar-refractivity contribution in [2.24, 2.45) is 5.41 Å². The highest BCUT2D eigenvalue weighted by Gasteiger charge is 2.46. The first kappa shape index (κ1) is 18.2. The molecule has 1 aromatic carbocycles. The molecule has 27 heavy (non-hydrogen) atoms. The molecule has 1 atom stereocenters. The lowest BCUT2D eigenvalue weighted by molar-refractivity contribution is 0.116. The molecule has 2 aliphatic heterocycles. The van der Waals surface area contributed by atoms with Crippen molar-refractivity contribution in [3.63, 3.8) is 0 Å². The Hall–Kier alpha value is -2.13. The number of fused-ring (bicyclic) bond motifs is 1. The standard InChI is InChI=1S/C18H25N5O3S/c1-25-15-8-13-14(9-16(15)26-2)20-12-21-17(13)22-10-18(11-22)4-6-23(7-5-18)27(3,19)24/h8-9,12,19H,4-7,10-11H2,1-3H3. The van der Waals surface area contributed by atoms with Gasteiger partial charge in [0, 0.05) is 49.3 Å². The highest BCUT2D eigenvalue weighted by molar-refractivity contribution is 7.89. The minimum absolute atomic E-state index is 0.231. The summed E-state index contributed by atoms with van der Waals surface area (Å²) in [5.74, 6) is 2.23. The van der Waals surface area contributed by atoms with Crippen LogP contribution >= 0.6 is 0 Å². The fourth-order valence-corrected chi connectivity index (χ4v) is 5.04. The molecule has 1 N–H and O–H groups in total. The van der Waals surface area contributed by atoms with Gasteiger partial charge in [-0.15, -0.1) is 0 Å². The van der Waals surface area contributed by atoms with E-state index >= 15 is 0 Å². The molecule has 4 rings (SSSR count). The monoisotopic (exact) mass is 391 g/mol. The summed E-state index contributed by atoms with van der Waals surface area (Å²) in [5.41, 5.74) is 1.06. The highest BCUT2D eigenvalue weighted by Crippen LogP contribution is 2.44. The maximum atomic E-state index is 11.9. The largest absolute Gasteiger partial charge is 0.493 e. The van der Waals surface area contributed by atoms with Crippen LogP contribution in [0.4, 0.5) is 5.82 Å². The summed E-state index contributed by atoms with van der Waals surface area (Å²) in [5, 5.41) is 0.949. The Balaban J connectivity index is 1.55. The number of nitrogens with one attached hydrogen (secondary N) is 1. The molecule has 146 valence electrons. The number of methoxy groups -OCH3 is 2. The van der Waals surface area contributed by atoms with Gasteiger partial charge in [0.15, 0.2) is 11.5 Å². The Morgan fingerprint density at radius 2 is 1.74 bits per heavy atom. The van der Waals surface area contributed by atoms with Crippen molar-refractivity contribution in [2.75, 3.05) is 51.6 Å². The lowest BCUT2D eigenvalue weighted by Gasteiger charge is -2.54. The zero-order valence-corrected chi connectivity index (χ0v) is 16.7. The second-order valence-electron chi connectivity index (χ2n) is 7.51. The number of hydrogen-bond acceptors (Lipinski definition) is 7. The quantitative estimate of drug-likeness (QED) is 0.859. The van der Waals surface area contributed by atoms with E-state index in [9.17, 15) is 4.21 Å². The van der Waals surface area contributed by atoms with Crippen LogP contribution in [0.15, 0.2) is 18.5 Å². The van der Waals surface area contributed by atoms with Gasteiger partial charge in [-0.2, -0.15) is 0 Å². The third-order valence-corrected chi connectivity index (χ3v) is 7.10. The SMILES string of the molecule is COc1cc2ncnc(N3CC4(CCN(S(C)(=N)=O)CC4)C3)c2cc1OC. The number of anilines is 1. The zero-order valence-electron chi connectivity index (χ0n) is 15.9. The molecule has 1 spiro atoms. The van der Waals surface area contributed by atoms with Crippen LogP contribution in [-0.4, -0.2) is 65.1 Å². The first-order valence-corrected chi connectivity index (χ1v) is 10.9. The van der Waals surface area contributed by atoms with Crippen molar-refractivity contribution in [3.8, 4) is 11.5 Å². The molecule has 0 aliphatic carbocycles. The number of piperidine rings is 1. The van der Waals surface area contributed by atoms with Crippen molar-refractivity contribution in [3.05, 3.63) is 18.5 Å². The van der Waals surface area contributed by atoms with Crippen LogP contribution in [0.5, 0.6) is 11.5 Å². The van der Waals surface area contributed by atoms with Crippen molar-refractivity contribution < 1.29 is 13.7 Å². The molecule has 2 fully saturated rings. The van der Waals surface area contributed by atoms with Crippen LogP contribution in [0, 0.1) is 10.2 Å². The Kier molecular flexibility index (Phi) is 4.38. The Morgan fingerprint density at radius 3 is 2.33 bits per heavy atom. The first-order valence-electron chi connectivity index (χ1n) is 8.96. The molecule has 0 saturated carbocycles. The van der Waals surface area contributed by atoms with Crippen molar-refractivity contribution >= 4 is 26.6 Å². The van der Waals surface area contributed by atoms with Gasteiger partial charge in [-0.3, -0.25) is 0 Å². The van der Waals surface area contributed by atoms with E-state index in [1.807, 2.05) is 12.1 Å². The van der Waals surface area contributed by atoms with Crippen LogP contribution in [0.3, 0.4) is 0 Å². The van der Waals surface area contributed by atoms with E-state index < -0.39 is 9.92 Å². The lowest BCUT2D eigenvalue weighted by Crippen LogP contribution is -2.61. The molecule has 3 heterocycles. The van der Waals surface area contributed by atoms with Crippen LogP contribution in [0.2, 0.25) is 0 Å². The second-order valence-corrected chi connectivity index (χ2v) is 9.63. The van der Waals surface area contributed by atoms with Crippen molar-refractivity contribution in [1.29, 1.82) is 4.78 Å². The van der Waals surface area contributed by atoms with Crippen molar-refractivity contribution in [1.82, 2.24) is 14.3 Å². The summed E-state index contributed by atoms with van der Waals surface area (Å²) in [6.45, 7) is 3.29. The number of nitrogens with zero attached hydrogens (tertiary/aromatic N) is 4. The number of aromatic nitrogens is 2. The summed E-state index contributed by atoms with van der Waals surface area (Å²) >= 11 is 0. The molecule has 1 unspecified atom stereocenters. The maximum Gasteiger partial charge on any atom is 0.162 e. The minimum atomic E-state index is -2.60. The van der Waals surface area contributed by atoms with E-state index in [2.05, 4.69) is 14.9 Å². The number of benzene rings is 1. The Bertz CT molecular complexity index is 962. The number of hydrogen-bond donors (Lipinski definition) is 1. The first-order chi connectivity index (χ1) is 12.8. The molecule has 0 amide bonds. The highest BCUT2D eigenvalue weighted by atomic mass is 32.2. The topological polar surface area (TPSA) is 91.6 Å². The molecule has 9 heteroatoms. The molecule has 0 radical (unpaired) electrons. The fraction of sp³-hybridized carbons (Fsp3) is 0.556. The molecule has 8 nitrogen and oxygen atoms in total. The summed E-state index contributed by atoms with van der Waals surface area (Å²) in [4.78, 5) is 11.2. The van der Waals surface area contributed by atoms with E-state index in [-0.39, 0.29) is 5.41 Å². The van der Waals surface area contributed by atoms with E-state index in [0.717, 1.165) is 55.7 Å². The summed E-state index contributed by atoms with van der Waals surface area (Å²) in [7, 11) is 0.641. The molecule has 2 saturated heterocycles. The van der Waals surface area contributed by atoms with Gasteiger partial charge in [-0.05, 0) is 18.9 Å². The van der Waals surface area contributed by atoms with Crippen LogP contribution < -0.4 is 14.4 Å². The van der Waals surface area contributed by atoms with Gasteiger partial charge in [-0.25, -0.2) is 23.3 Å². The third-order valence-electron chi connectivity index (χ3n) is 5.75. The lowest BCUT2D eigenvalue weighted by atomic mass is 9.72. The van der Waals surface area contributed by atoms with Gasteiger partial charge < -0.3 is 14.4 Å². The normalized spacial score (nSPS) is 21.7. The molecule has 2 aliphatic rings. The summed E-state index contributed by atoms with van der Waals surface area (Å²) < 4.78 is 32.3. The van der Waals surface area contributed by atoms with Gasteiger partial charge in [-0.1, -0.05) is 0 Å². The summed E-state index contributed by atoms with van der Waals surface area (Å²) in [6.07, 6.45) is 5.02. The van der Waals surface area contributed by atoms with E-state index in [0.29, 0.717) is 11.5 Å². The second kappa shape index (κ2) is 6.49. The van der Waals surface area contributed by atoms with Gasteiger partial charge in [0.25, 0.3) is 0 Å².